The molecule has 0 bridgehead atoms. The molecule has 29 heavy (non-hydrogen) atoms. The van der Waals surface area contributed by atoms with Crippen molar-refractivity contribution in [2.75, 3.05) is 31.1 Å². The molecule has 1 aromatic rings. The molecule has 0 spiro atoms. The Labute approximate surface area is 174 Å². The van der Waals surface area contributed by atoms with Crippen molar-refractivity contribution >= 4 is 21.7 Å². The number of hydrogen-bond donors (Lipinski definition) is 1. The first-order valence-corrected chi connectivity index (χ1v) is 12.2. The van der Waals surface area contributed by atoms with Crippen molar-refractivity contribution in [3.63, 3.8) is 0 Å². The van der Waals surface area contributed by atoms with Gasteiger partial charge in [-0.3, -0.25) is 4.79 Å². The Kier molecular flexibility index (Phi) is 7.16. The number of carbonyl (C=O) groups excluding carboxylic acids is 1. The van der Waals surface area contributed by atoms with Crippen LogP contribution in [0.3, 0.4) is 0 Å². The van der Waals surface area contributed by atoms with Gasteiger partial charge in [-0.25, -0.2) is 13.4 Å². The van der Waals surface area contributed by atoms with E-state index in [0.717, 1.165) is 51.0 Å². The summed E-state index contributed by atoms with van der Waals surface area (Å²) < 4.78 is 27.1. The lowest BCUT2D eigenvalue weighted by atomic mass is 9.95. The molecule has 0 saturated carbocycles. The maximum Gasteiger partial charge on any atom is 0.244 e. The number of rotatable bonds is 6. The van der Waals surface area contributed by atoms with Crippen LogP contribution in [-0.2, 0) is 14.8 Å². The minimum atomic E-state index is -3.45. The molecule has 7 nitrogen and oxygen atoms in total. The average Bonchev–Trinajstić information content (AvgIpc) is 2.74. The molecule has 1 aromatic heterocycles. The number of sulfonamides is 1. The van der Waals surface area contributed by atoms with Crippen LogP contribution in [0, 0.1) is 11.8 Å². The Morgan fingerprint density at radius 1 is 1.07 bits per heavy atom. The quantitative estimate of drug-likeness (QED) is 0.762. The van der Waals surface area contributed by atoms with E-state index in [9.17, 15) is 13.2 Å². The average molecular weight is 423 g/mol. The van der Waals surface area contributed by atoms with Crippen LogP contribution in [-0.4, -0.2) is 55.8 Å². The summed E-state index contributed by atoms with van der Waals surface area (Å²) in [5.41, 5.74) is 0. The highest BCUT2D eigenvalue weighted by atomic mass is 32.2. The van der Waals surface area contributed by atoms with E-state index >= 15 is 0 Å². The van der Waals surface area contributed by atoms with Crippen LogP contribution in [0.25, 0.3) is 0 Å². The summed E-state index contributed by atoms with van der Waals surface area (Å²) in [4.78, 5) is 19.3. The Morgan fingerprint density at radius 3 is 2.28 bits per heavy atom. The molecular weight excluding hydrogens is 388 g/mol. The zero-order chi connectivity index (χ0) is 21.0. The number of anilines is 1. The standard InChI is InChI=1S/C21H34N4O3S/c1-16(2)17(3)23-21(26)18-9-13-24(14-10-18)20-8-7-19(15-22-20)29(27,28)25-11-5-4-6-12-25/h7-8,15-18H,4-6,9-14H2,1-3H3,(H,23,26). The Morgan fingerprint density at radius 2 is 1.72 bits per heavy atom. The SMILES string of the molecule is CC(C)C(C)NC(=O)C1CCN(c2ccc(S(=O)(=O)N3CCCCC3)cn2)CC1. The minimum Gasteiger partial charge on any atom is -0.357 e. The second-order valence-electron chi connectivity index (χ2n) is 8.62. The number of aromatic nitrogens is 1. The molecule has 2 fully saturated rings. The predicted molar refractivity (Wildman–Crippen MR) is 114 cm³/mol. The Hall–Kier alpha value is -1.67. The third-order valence-corrected chi connectivity index (χ3v) is 8.12. The summed E-state index contributed by atoms with van der Waals surface area (Å²) in [5.74, 6) is 1.37. The summed E-state index contributed by atoms with van der Waals surface area (Å²) in [6, 6.07) is 3.63. The van der Waals surface area contributed by atoms with Crippen molar-refractivity contribution in [1.82, 2.24) is 14.6 Å². The van der Waals surface area contributed by atoms with Crippen molar-refractivity contribution < 1.29 is 13.2 Å². The number of piperidine rings is 2. The molecule has 2 aliphatic heterocycles. The summed E-state index contributed by atoms with van der Waals surface area (Å²) in [7, 11) is -3.45. The van der Waals surface area contributed by atoms with Gasteiger partial charge in [-0.2, -0.15) is 4.31 Å². The summed E-state index contributed by atoms with van der Waals surface area (Å²) in [6.45, 7) is 8.94. The fraction of sp³-hybridized carbons (Fsp3) is 0.714. The van der Waals surface area contributed by atoms with Gasteiger partial charge in [-0.05, 0) is 50.7 Å². The van der Waals surface area contributed by atoms with Gasteiger partial charge in [0.15, 0.2) is 0 Å². The Bertz CT molecular complexity index is 781. The molecule has 1 unspecified atom stereocenters. The second-order valence-corrected chi connectivity index (χ2v) is 10.6. The van der Waals surface area contributed by atoms with Crippen LogP contribution in [0.1, 0.15) is 52.9 Å². The van der Waals surface area contributed by atoms with Gasteiger partial charge in [0, 0.05) is 44.3 Å². The van der Waals surface area contributed by atoms with Crippen molar-refractivity contribution in [3.8, 4) is 0 Å². The van der Waals surface area contributed by atoms with E-state index in [2.05, 4.69) is 29.0 Å². The van der Waals surface area contributed by atoms with E-state index < -0.39 is 10.0 Å². The van der Waals surface area contributed by atoms with E-state index in [4.69, 9.17) is 0 Å². The molecule has 162 valence electrons. The maximum atomic E-state index is 12.8. The van der Waals surface area contributed by atoms with Gasteiger partial charge in [0.05, 0.1) is 0 Å². The molecule has 2 aliphatic rings. The van der Waals surface area contributed by atoms with Crippen LogP contribution >= 0.6 is 0 Å². The molecular formula is C21H34N4O3S. The van der Waals surface area contributed by atoms with E-state index in [1.54, 1.807) is 16.4 Å². The number of pyridine rings is 1. The second kappa shape index (κ2) is 9.43. The molecule has 1 atom stereocenters. The molecule has 1 N–H and O–H groups in total. The van der Waals surface area contributed by atoms with E-state index in [-0.39, 0.29) is 22.8 Å². The first-order valence-electron chi connectivity index (χ1n) is 10.8. The zero-order valence-electron chi connectivity index (χ0n) is 17.8. The van der Waals surface area contributed by atoms with E-state index in [1.165, 1.54) is 6.20 Å². The highest BCUT2D eigenvalue weighted by Crippen LogP contribution is 2.25. The van der Waals surface area contributed by atoms with Crippen LogP contribution in [0.15, 0.2) is 23.2 Å². The minimum absolute atomic E-state index is 0.0335. The van der Waals surface area contributed by atoms with Crippen molar-refractivity contribution in [2.45, 2.75) is 63.8 Å². The first kappa shape index (κ1) is 22.0. The molecule has 0 aromatic carbocycles. The highest BCUT2D eigenvalue weighted by molar-refractivity contribution is 7.89. The van der Waals surface area contributed by atoms with Crippen molar-refractivity contribution in [2.24, 2.45) is 11.8 Å². The summed E-state index contributed by atoms with van der Waals surface area (Å²) in [5, 5.41) is 3.11. The largest absolute Gasteiger partial charge is 0.357 e. The van der Waals surface area contributed by atoms with Gasteiger partial charge < -0.3 is 10.2 Å². The Balaban J connectivity index is 1.57. The highest BCUT2D eigenvalue weighted by Gasteiger charge is 2.28. The number of nitrogens with zero attached hydrogens (tertiary/aromatic N) is 3. The lowest BCUT2D eigenvalue weighted by molar-refractivity contribution is -0.126. The van der Waals surface area contributed by atoms with E-state index in [1.807, 2.05) is 6.92 Å². The molecule has 2 saturated heterocycles. The van der Waals surface area contributed by atoms with Gasteiger partial charge in [0.2, 0.25) is 15.9 Å². The maximum absolute atomic E-state index is 12.8. The van der Waals surface area contributed by atoms with Gasteiger partial charge in [0.25, 0.3) is 0 Å². The fourth-order valence-corrected chi connectivity index (χ4v) is 5.31. The monoisotopic (exact) mass is 422 g/mol. The summed E-state index contributed by atoms with van der Waals surface area (Å²) >= 11 is 0. The van der Waals surface area contributed by atoms with E-state index in [0.29, 0.717) is 19.0 Å². The summed E-state index contributed by atoms with van der Waals surface area (Å²) in [6.07, 6.45) is 5.97. The van der Waals surface area contributed by atoms with Crippen molar-refractivity contribution in [3.05, 3.63) is 18.3 Å². The number of hydrogen-bond acceptors (Lipinski definition) is 5. The normalized spacial score (nSPS) is 20.6. The van der Waals surface area contributed by atoms with Crippen LogP contribution in [0.2, 0.25) is 0 Å². The smallest absolute Gasteiger partial charge is 0.244 e. The fourth-order valence-electron chi connectivity index (χ4n) is 3.85. The van der Waals surface area contributed by atoms with Gasteiger partial charge in [0.1, 0.15) is 10.7 Å². The van der Waals surface area contributed by atoms with Gasteiger partial charge in [-0.1, -0.05) is 20.3 Å². The number of carbonyl (C=O) groups is 1. The lowest BCUT2D eigenvalue weighted by Gasteiger charge is -2.33. The zero-order valence-corrected chi connectivity index (χ0v) is 18.6. The number of amides is 1. The lowest BCUT2D eigenvalue weighted by Crippen LogP contribution is -2.44. The van der Waals surface area contributed by atoms with Crippen LogP contribution < -0.4 is 10.2 Å². The molecule has 3 heterocycles. The van der Waals surface area contributed by atoms with Gasteiger partial charge >= 0.3 is 0 Å². The van der Waals surface area contributed by atoms with Gasteiger partial charge in [-0.15, -0.1) is 0 Å². The first-order chi connectivity index (χ1) is 13.8. The third kappa shape index (κ3) is 5.28. The van der Waals surface area contributed by atoms with Crippen molar-refractivity contribution in [1.29, 1.82) is 0 Å². The molecule has 1 amide bonds. The molecule has 0 aliphatic carbocycles. The van der Waals surface area contributed by atoms with Crippen LogP contribution in [0.5, 0.6) is 0 Å². The molecule has 3 rings (SSSR count). The van der Waals surface area contributed by atoms with Crippen LogP contribution in [0.4, 0.5) is 5.82 Å². The molecule has 0 radical (unpaired) electrons. The number of nitrogens with one attached hydrogen (secondary N) is 1. The third-order valence-electron chi connectivity index (χ3n) is 6.23. The predicted octanol–water partition coefficient (Wildman–Crippen LogP) is 2.63. The topological polar surface area (TPSA) is 82.6 Å². The molecule has 8 heteroatoms.